The van der Waals surface area contributed by atoms with Gasteiger partial charge in [-0.05, 0) is 25.8 Å². The lowest BCUT2D eigenvalue weighted by Crippen LogP contribution is -2.28. The Morgan fingerprint density at radius 1 is 1.45 bits per heavy atom. The summed E-state index contributed by atoms with van der Waals surface area (Å²) in [5, 5.41) is 0. The molecule has 0 aromatic carbocycles. The molecule has 1 aliphatic rings. The Balaban J connectivity index is 2.14. The third-order valence-electron chi connectivity index (χ3n) is 2.11. The maximum atomic E-state index is 10.1. The lowest BCUT2D eigenvalue weighted by Gasteiger charge is -2.19. The molecule has 0 heterocycles. The summed E-state index contributed by atoms with van der Waals surface area (Å²) in [7, 11) is 0. The average Bonchev–Trinajstić information content (AvgIpc) is 2.80. The predicted molar refractivity (Wildman–Crippen MR) is 45.6 cm³/mol. The summed E-state index contributed by atoms with van der Waals surface area (Å²) in [6.07, 6.45) is 5.62. The van der Waals surface area contributed by atoms with E-state index in [-0.39, 0.29) is 0 Å². The van der Waals surface area contributed by atoms with Crippen molar-refractivity contribution in [1.29, 1.82) is 0 Å². The van der Waals surface area contributed by atoms with Gasteiger partial charge in [-0.2, -0.15) is 0 Å². The Bertz CT molecular complexity index is 121. The lowest BCUT2D eigenvalue weighted by atomic mass is 10.3. The summed E-state index contributed by atoms with van der Waals surface area (Å²) < 4.78 is 0. The molecule has 1 rings (SSSR count). The molecule has 0 radical (unpaired) electrons. The van der Waals surface area contributed by atoms with E-state index in [2.05, 4.69) is 11.8 Å². The van der Waals surface area contributed by atoms with Crippen LogP contribution >= 0.6 is 0 Å². The van der Waals surface area contributed by atoms with E-state index in [1.54, 1.807) is 0 Å². The second-order valence-electron chi connectivity index (χ2n) is 3.22. The molecule has 0 unspecified atom stereocenters. The fraction of sp³-hybridized carbons (Fsp3) is 0.889. The van der Waals surface area contributed by atoms with Gasteiger partial charge in [-0.1, -0.05) is 6.92 Å². The highest BCUT2D eigenvalue weighted by atomic mass is 16.1. The first kappa shape index (κ1) is 8.72. The summed E-state index contributed by atoms with van der Waals surface area (Å²) >= 11 is 0. The van der Waals surface area contributed by atoms with Crippen molar-refractivity contribution in [2.45, 2.75) is 38.6 Å². The van der Waals surface area contributed by atoms with Crippen molar-refractivity contribution in [1.82, 2.24) is 4.90 Å². The first-order chi connectivity index (χ1) is 5.38. The number of hydrogen-bond donors (Lipinski definition) is 0. The quantitative estimate of drug-likeness (QED) is 0.541. The lowest BCUT2D eigenvalue weighted by molar-refractivity contribution is -0.108. The summed E-state index contributed by atoms with van der Waals surface area (Å²) in [4.78, 5) is 12.6. The zero-order valence-electron chi connectivity index (χ0n) is 7.25. The van der Waals surface area contributed by atoms with Crippen molar-refractivity contribution in [2.24, 2.45) is 0 Å². The molecule has 0 aromatic rings. The van der Waals surface area contributed by atoms with Crippen LogP contribution in [0.2, 0.25) is 0 Å². The second kappa shape index (κ2) is 4.50. The Morgan fingerprint density at radius 2 is 2.18 bits per heavy atom. The SMILES string of the molecule is CCCN(CCC=O)C1CC1. The minimum absolute atomic E-state index is 0.705. The third-order valence-corrected chi connectivity index (χ3v) is 2.11. The number of carbonyl (C=O) groups is 1. The first-order valence-corrected chi connectivity index (χ1v) is 4.56. The zero-order chi connectivity index (χ0) is 8.10. The number of hydrogen-bond acceptors (Lipinski definition) is 2. The molecule has 0 atom stereocenters. The van der Waals surface area contributed by atoms with Crippen molar-refractivity contribution in [3.63, 3.8) is 0 Å². The zero-order valence-corrected chi connectivity index (χ0v) is 7.25. The van der Waals surface area contributed by atoms with Gasteiger partial charge in [-0.15, -0.1) is 0 Å². The van der Waals surface area contributed by atoms with Gasteiger partial charge in [0.05, 0.1) is 0 Å². The van der Waals surface area contributed by atoms with E-state index in [9.17, 15) is 4.79 Å². The summed E-state index contributed by atoms with van der Waals surface area (Å²) in [6.45, 7) is 4.33. The van der Waals surface area contributed by atoms with Gasteiger partial charge in [-0.3, -0.25) is 4.90 Å². The number of aldehydes is 1. The van der Waals surface area contributed by atoms with Gasteiger partial charge in [0.1, 0.15) is 6.29 Å². The molecule has 64 valence electrons. The number of rotatable bonds is 6. The van der Waals surface area contributed by atoms with Crippen LogP contribution in [0.25, 0.3) is 0 Å². The van der Waals surface area contributed by atoms with Crippen LogP contribution in [0, 0.1) is 0 Å². The van der Waals surface area contributed by atoms with Crippen LogP contribution in [-0.4, -0.2) is 30.3 Å². The van der Waals surface area contributed by atoms with E-state index in [0.29, 0.717) is 6.42 Å². The van der Waals surface area contributed by atoms with Crippen LogP contribution in [0.15, 0.2) is 0 Å². The Labute approximate surface area is 68.6 Å². The molecule has 0 bridgehead atoms. The highest BCUT2D eigenvalue weighted by molar-refractivity contribution is 5.49. The van der Waals surface area contributed by atoms with Crippen molar-refractivity contribution < 1.29 is 4.79 Å². The highest BCUT2D eigenvalue weighted by Gasteiger charge is 2.27. The molecule has 0 aromatic heterocycles. The Morgan fingerprint density at radius 3 is 2.64 bits per heavy atom. The maximum Gasteiger partial charge on any atom is 0.121 e. The van der Waals surface area contributed by atoms with Crippen LogP contribution in [0.3, 0.4) is 0 Å². The van der Waals surface area contributed by atoms with Crippen LogP contribution in [-0.2, 0) is 4.79 Å². The van der Waals surface area contributed by atoms with E-state index in [4.69, 9.17) is 0 Å². The minimum atomic E-state index is 0.705. The molecule has 11 heavy (non-hydrogen) atoms. The van der Waals surface area contributed by atoms with Crippen LogP contribution in [0.4, 0.5) is 0 Å². The molecule has 0 spiro atoms. The maximum absolute atomic E-state index is 10.1. The molecule has 1 saturated carbocycles. The largest absolute Gasteiger partial charge is 0.303 e. The fourth-order valence-corrected chi connectivity index (χ4v) is 1.42. The monoisotopic (exact) mass is 155 g/mol. The molecule has 1 fully saturated rings. The molecule has 0 N–H and O–H groups in total. The topological polar surface area (TPSA) is 20.3 Å². The van der Waals surface area contributed by atoms with Crippen molar-refractivity contribution in [2.75, 3.05) is 13.1 Å². The van der Waals surface area contributed by atoms with E-state index in [1.807, 2.05) is 0 Å². The number of nitrogens with zero attached hydrogens (tertiary/aromatic N) is 1. The summed E-state index contributed by atoms with van der Waals surface area (Å²) in [5.74, 6) is 0. The van der Waals surface area contributed by atoms with Gasteiger partial charge < -0.3 is 4.79 Å². The van der Waals surface area contributed by atoms with Gasteiger partial charge in [0.2, 0.25) is 0 Å². The Kier molecular flexibility index (Phi) is 3.57. The first-order valence-electron chi connectivity index (χ1n) is 4.56. The van der Waals surface area contributed by atoms with Crippen LogP contribution in [0.1, 0.15) is 32.6 Å². The molecule has 1 aliphatic carbocycles. The molecule has 2 nitrogen and oxygen atoms in total. The summed E-state index contributed by atoms with van der Waals surface area (Å²) in [5.41, 5.74) is 0. The van der Waals surface area contributed by atoms with E-state index in [1.165, 1.54) is 25.8 Å². The minimum Gasteiger partial charge on any atom is -0.303 e. The van der Waals surface area contributed by atoms with Crippen LogP contribution in [0.5, 0.6) is 0 Å². The fourth-order valence-electron chi connectivity index (χ4n) is 1.42. The predicted octanol–water partition coefficient (Wildman–Crippen LogP) is 1.45. The van der Waals surface area contributed by atoms with Gasteiger partial charge in [-0.25, -0.2) is 0 Å². The van der Waals surface area contributed by atoms with Crippen molar-refractivity contribution in [3.05, 3.63) is 0 Å². The molecule has 0 aliphatic heterocycles. The smallest absolute Gasteiger partial charge is 0.121 e. The molecular weight excluding hydrogens is 138 g/mol. The van der Waals surface area contributed by atoms with E-state index < -0.39 is 0 Å². The van der Waals surface area contributed by atoms with Gasteiger partial charge >= 0.3 is 0 Å². The second-order valence-corrected chi connectivity index (χ2v) is 3.22. The van der Waals surface area contributed by atoms with E-state index >= 15 is 0 Å². The van der Waals surface area contributed by atoms with Gasteiger partial charge in [0.15, 0.2) is 0 Å². The molecular formula is C9H17NO. The van der Waals surface area contributed by atoms with Crippen LogP contribution < -0.4 is 0 Å². The van der Waals surface area contributed by atoms with Crippen molar-refractivity contribution in [3.8, 4) is 0 Å². The average molecular weight is 155 g/mol. The molecule has 0 amide bonds. The van der Waals surface area contributed by atoms with Gasteiger partial charge in [0.25, 0.3) is 0 Å². The number of carbonyl (C=O) groups excluding carboxylic acids is 1. The summed E-state index contributed by atoms with van der Waals surface area (Å²) in [6, 6.07) is 0.815. The highest BCUT2D eigenvalue weighted by Crippen LogP contribution is 2.26. The normalized spacial score (nSPS) is 17.3. The molecule has 2 heteroatoms. The van der Waals surface area contributed by atoms with Gasteiger partial charge in [0, 0.05) is 19.0 Å². The standard InChI is InChI=1S/C9H17NO/c1-2-6-10(7-3-8-11)9-4-5-9/h8-9H,2-7H2,1H3. The van der Waals surface area contributed by atoms with E-state index in [0.717, 1.165) is 18.9 Å². The Hall–Kier alpha value is -0.370. The third kappa shape index (κ3) is 3.02. The van der Waals surface area contributed by atoms with Crippen molar-refractivity contribution >= 4 is 6.29 Å². The molecule has 0 saturated heterocycles.